The normalized spacial score (nSPS) is 13.7. The minimum Gasteiger partial charge on any atom is -0.458 e. The number of hydrogen-bond acceptors (Lipinski definition) is 7. The number of thiophene rings is 3. The molecular formula is C56H32B2N2O2S3. The Bertz CT molecular complexity index is 3510. The fraction of sp³-hybridized carbons (Fsp3) is 0. The second-order valence-electron chi connectivity index (χ2n) is 17.1. The summed E-state index contributed by atoms with van der Waals surface area (Å²) < 4.78 is 19.1. The molecule has 0 radical (unpaired) electrons. The van der Waals surface area contributed by atoms with Gasteiger partial charge in [-0.15, -0.1) is 34.0 Å². The van der Waals surface area contributed by atoms with Crippen LogP contribution in [0.15, 0.2) is 194 Å². The molecule has 4 aliphatic heterocycles. The van der Waals surface area contributed by atoms with Gasteiger partial charge in [0.1, 0.15) is 23.0 Å². The van der Waals surface area contributed by atoms with Gasteiger partial charge in [0, 0.05) is 62.2 Å². The van der Waals surface area contributed by atoms with Crippen LogP contribution < -0.4 is 50.7 Å². The maximum absolute atomic E-state index is 7.00. The molecule has 0 unspecified atom stereocenters. The van der Waals surface area contributed by atoms with Crippen LogP contribution in [0, 0.1) is 0 Å². The van der Waals surface area contributed by atoms with Crippen molar-refractivity contribution in [1.82, 2.24) is 0 Å². The van der Waals surface area contributed by atoms with Gasteiger partial charge in [-0.2, -0.15) is 0 Å². The van der Waals surface area contributed by atoms with Crippen molar-refractivity contribution in [3.63, 3.8) is 0 Å². The van der Waals surface area contributed by atoms with E-state index in [1.807, 2.05) is 34.0 Å². The van der Waals surface area contributed by atoms with Gasteiger partial charge < -0.3 is 19.3 Å². The van der Waals surface area contributed by atoms with Gasteiger partial charge in [0.2, 0.25) is 0 Å². The topological polar surface area (TPSA) is 24.9 Å². The third-order valence-electron chi connectivity index (χ3n) is 13.6. The van der Waals surface area contributed by atoms with Gasteiger partial charge in [-0.25, -0.2) is 0 Å². The number of ether oxygens (including phenoxy) is 2. The van der Waals surface area contributed by atoms with Gasteiger partial charge in [-0.3, -0.25) is 0 Å². The first-order valence-electron chi connectivity index (χ1n) is 22.0. The predicted molar refractivity (Wildman–Crippen MR) is 278 cm³/mol. The summed E-state index contributed by atoms with van der Waals surface area (Å²) in [6, 6.07) is 70.5. The lowest BCUT2D eigenvalue weighted by Gasteiger charge is -2.38. The SMILES string of the molecule is c1ccc(-c2cc3c(s2)B2c4cc5c(cc4Oc4cccc(c42)N3c2ccccc2)sc2cc3c(cc25)B2c4sc(-c5ccccc5)cc4N(c4ccccc4)c4cccc(c42)O3)cc1. The number of para-hydroxylation sites is 2. The van der Waals surface area contributed by atoms with E-state index in [0.29, 0.717) is 0 Å². The van der Waals surface area contributed by atoms with Crippen molar-refractivity contribution in [2.45, 2.75) is 0 Å². The smallest absolute Gasteiger partial charge is 0.268 e. The van der Waals surface area contributed by atoms with E-state index < -0.39 is 0 Å². The van der Waals surface area contributed by atoms with Crippen molar-refractivity contribution in [3.8, 4) is 43.9 Å². The quantitative estimate of drug-likeness (QED) is 0.164. The lowest BCUT2D eigenvalue weighted by molar-refractivity contribution is 0.488. The van der Waals surface area contributed by atoms with Crippen LogP contribution in [0.3, 0.4) is 0 Å². The fourth-order valence-corrected chi connectivity index (χ4v) is 14.5. The Hall–Kier alpha value is -7.29. The molecule has 9 heteroatoms. The maximum Gasteiger partial charge on any atom is 0.268 e. The van der Waals surface area contributed by atoms with Gasteiger partial charge in [-0.05, 0) is 106 Å². The number of benzene rings is 8. The van der Waals surface area contributed by atoms with Crippen LogP contribution in [0.25, 0.3) is 41.1 Å². The van der Waals surface area contributed by atoms with E-state index >= 15 is 0 Å². The summed E-state index contributed by atoms with van der Waals surface area (Å²) in [7, 11) is 0. The molecule has 302 valence electrons. The van der Waals surface area contributed by atoms with Crippen LogP contribution >= 0.6 is 34.0 Å². The Labute approximate surface area is 388 Å². The highest BCUT2D eigenvalue weighted by molar-refractivity contribution is 7.32. The predicted octanol–water partition coefficient (Wildman–Crippen LogP) is 12.3. The second kappa shape index (κ2) is 13.6. The molecule has 4 aliphatic rings. The summed E-state index contributed by atoms with van der Waals surface area (Å²) in [6.45, 7) is 0.00837. The summed E-state index contributed by atoms with van der Waals surface area (Å²) >= 11 is 5.62. The molecule has 3 aromatic heterocycles. The highest BCUT2D eigenvalue weighted by Gasteiger charge is 2.46. The second-order valence-corrected chi connectivity index (χ2v) is 20.4. The van der Waals surface area contributed by atoms with E-state index in [4.69, 9.17) is 9.47 Å². The summed E-state index contributed by atoms with van der Waals surface area (Å²) in [6.07, 6.45) is 0. The number of anilines is 6. The number of rotatable bonds is 4. The van der Waals surface area contributed by atoms with Gasteiger partial charge in [-0.1, -0.05) is 121 Å². The molecule has 4 nitrogen and oxygen atoms in total. The minimum absolute atomic E-state index is 0.00418. The molecule has 8 aromatic carbocycles. The summed E-state index contributed by atoms with van der Waals surface area (Å²) in [5.41, 5.74) is 14.4. The lowest BCUT2D eigenvalue weighted by Crippen LogP contribution is -2.58. The number of fused-ring (bicyclic) bond motifs is 11. The molecule has 0 N–H and O–H groups in total. The van der Waals surface area contributed by atoms with E-state index in [1.54, 1.807) is 0 Å². The monoisotopic (exact) mass is 882 g/mol. The van der Waals surface area contributed by atoms with Gasteiger partial charge in [0.05, 0.1) is 11.4 Å². The highest BCUT2D eigenvalue weighted by atomic mass is 32.1. The maximum atomic E-state index is 7.00. The third kappa shape index (κ3) is 5.20. The van der Waals surface area contributed by atoms with Crippen LogP contribution in [-0.4, -0.2) is 13.4 Å². The van der Waals surface area contributed by atoms with Crippen LogP contribution in [-0.2, 0) is 0 Å². The summed E-state index contributed by atoms with van der Waals surface area (Å²) in [5, 5.41) is 2.50. The third-order valence-corrected chi connectivity index (χ3v) is 17.2. The zero-order valence-corrected chi connectivity index (χ0v) is 37.0. The molecule has 0 aliphatic carbocycles. The van der Waals surface area contributed by atoms with Crippen LogP contribution in [0.2, 0.25) is 0 Å². The molecule has 0 spiro atoms. The van der Waals surface area contributed by atoms with E-state index in [2.05, 4.69) is 204 Å². The minimum atomic E-state index is 0.00418. The summed E-state index contributed by atoms with van der Waals surface area (Å²) in [4.78, 5) is 7.39. The Balaban J connectivity index is 0.941. The largest absolute Gasteiger partial charge is 0.458 e. The first kappa shape index (κ1) is 36.1. The Morgan fingerprint density at radius 3 is 1.20 bits per heavy atom. The summed E-state index contributed by atoms with van der Waals surface area (Å²) in [5.74, 6) is 3.69. The molecule has 0 atom stereocenters. The molecule has 0 bridgehead atoms. The fourth-order valence-electron chi connectivity index (χ4n) is 10.8. The molecule has 0 fully saturated rings. The van der Waals surface area contributed by atoms with Crippen molar-refractivity contribution in [3.05, 3.63) is 194 Å². The van der Waals surface area contributed by atoms with Crippen molar-refractivity contribution in [2.24, 2.45) is 0 Å². The molecule has 65 heavy (non-hydrogen) atoms. The first-order valence-corrected chi connectivity index (χ1v) is 24.4. The van der Waals surface area contributed by atoms with Crippen molar-refractivity contribution >= 4 is 133 Å². The average molecular weight is 883 g/mol. The number of nitrogens with zero attached hydrogens (tertiary/aromatic N) is 2. The van der Waals surface area contributed by atoms with Crippen molar-refractivity contribution in [1.29, 1.82) is 0 Å². The molecule has 11 aromatic rings. The van der Waals surface area contributed by atoms with Crippen molar-refractivity contribution in [2.75, 3.05) is 9.80 Å². The van der Waals surface area contributed by atoms with Gasteiger partial charge >= 0.3 is 0 Å². The zero-order chi connectivity index (χ0) is 42.3. The number of hydrogen-bond donors (Lipinski definition) is 0. The molecule has 0 saturated carbocycles. The Morgan fingerprint density at radius 1 is 0.354 bits per heavy atom. The standard InChI is InChI=1S/C56H32B2N2O2S3/c1-5-15-33(16-6-1)49-29-43-55(64-49)57-39-27-37-38-28-40-48(32-52(38)63-51(37)31-47(39)61-45-25-13-23-41(53(45)57)59(43)35-19-9-3-10-20-35)62-46-26-14-24-42-54(46)58(40)56-44(60(42)36-21-11-4-12-22-36)30-50(65-56)34-17-7-2-8-18-34/h1-32H. The van der Waals surface area contributed by atoms with E-state index in [-0.39, 0.29) is 13.4 Å². The van der Waals surface area contributed by atoms with E-state index in [9.17, 15) is 0 Å². The van der Waals surface area contributed by atoms with Gasteiger partial charge in [0.15, 0.2) is 0 Å². The van der Waals surface area contributed by atoms with Crippen LogP contribution in [0.5, 0.6) is 23.0 Å². The van der Waals surface area contributed by atoms with Crippen LogP contribution in [0.4, 0.5) is 34.1 Å². The average Bonchev–Trinajstić information content (AvgIpc) is 4.10. The van der Waals surface area contributed by atoms with E-state index in [0.717, 1.165) is 45.7 Å². The molecular weight excluding hydrogens is 850 g/mol. The molecule has 15 rings (SSSR count). The van der Waals surface area contributed by atoms with Crippen molar-refractivity contribution < 1.29 is 9.47 Å². The van der Waals surface area contributed by atoms with Gasteiger partial charge in [0.25, 0.3) is 13.4 Å². The Kier molecular flexibility index (Phi) is 7.56. The highest BCUT2D eigenvalue weighted by Crippen LogP contribution is 2.48. The van der Waals surface area contributed by atoms with Crippen LogP contribution in [0.1, 0.15) is 0 Å². The Morgan fingerprint density at radius 2 is 0.769 bits per heavy atom. The lowest BCUT2D eigenvalue weighted by atomic mass is 9.36. The molecule has 7 heterocycles. The van der Waals surface area contributed by atoms with E-state index in [1.165, 1.54) is 83.8 Å². The first-order chi connectivity index (χ1) is 32.2. The molecule has 0 amide bonds. The zero-order valence-electron chi connectivity index (χ0n) is 34.6. The molecule has 0 saturated heterocycles.